The molecule has 0 spiro atoms. The first kappa shape index (κ1) is 16.2. The van der Waals surface area contributed by atoms with E-state index in [-0.39, 0.29) is 22.4 Å². The molecule has 0 unspecified atom stereocenters. The number of carboxylic acid groups (broad SMARTS) is 1. The highest BCUT2D eigenvalue weighted by Gasteiger charge is 2.14. The smallest absolute Gasteiger partial charge is 0.337 e. The first-order valence-electron chi connectivity index (χ1n) is 6.60. The molecule has 0 saturated heterocycles. The SMILES string of the molecule is CONC(=O)c1cccc(C(=O)Nc2ccccc2C(=O)O)c1. The fourth-order valence-corrected chi connectivity index (χ4v) is 1.93. The molecule has 0 aliphatic carbocycles. The van der Waals surface area contributed by atoms with E-state index in [1.807, 2.05) is 0 Å². The van der Waals surface area contributed by atoms with Gasteiger partial charge in [-0.05, 0) is 30.3 Å². The number of hydroxylamine groups is 1. The van der Waals surface area contributed by atoms with Crippen LogP contribution in [0.3, 0.4) is 0 Å². The van der Waals surface area contributed by atoms with Gasteiger partial charge in [-0.2, -0.15) is 0 Å². The summed E-state index contributed by atoms with van der Waals surface area (Å²) in [7, 11) is 1.30. The number of benzene rings is 2. The largest absolute Gasteiger partial charge is 0.478 e. The lowest BCUT2D eigenvalue weighted by atomic mass is 10.1. The Labute approximate surface area is 131 Å². The van der Waals surface area contributed by atoms with E-state index in [2.05, 4.69) is 15.6 Å². The summed E-state index contributed by atoms with van der Waals surface area (Å²) in [6.07, 6.45) is 0. The maximum atomic E-state index is 12.3. The average molecular weight is 314 g/mol. The summed E-state index contributed by atoms with van der Waals surface area (Å²) in [5.74, 6) is -2.16. The Balaban J connectivity index is 2.23. The fraction of sp³-hybridized carbons (Fsp3) is 0.0625. The van der Waals surface area contributed by atoms with Gasteiger partial charge in [-0.1, -0.05) is 18.2 Å². The van der Waals surface area contributed by atoms with Gasteiger partial charge in [-0.3, -0.25) is 14.4 Å². The lowest BCUT2D eigenvalue weighted by Crippen LogP contribution is -2.22. The summed E-state index contributed by atoms with van der Waals surface area (Å²) in [5.41, 5.74) is 2.77. The van der Waals surface area contributed by atoms with E-state index in [1.54, 1.807) is 18.2 Å². The Hall–Kier alpha value is -3.19. The molecule has 0 radical (unpaired) electrons. The van der Waals surface area contributed by atoms with Crippen LogP contribution in [0.15, 0.2) is 48.5 Å². The first-order chi connectivity index (χ1) is 11.0. The lowest BCUT2D eigenvalue weighted by molar-refractivity contribution is 0.0537. The van der Waals surface area contributed by atoms with E-state index in [9.17, 15) is 14.4 Å². The molecule has 7 heteroatoms. The molecule has 2 amide bonds. The topological polar surface area (TPSA) is 105 Å². The van der Waals surface area contributed by atoms with Gasteiger partial charge in [0, 0.05) is 11.1 Å². The number of rotatable bonds is 5. The van der Waals surface area contributed by atoms with Gasteiger partial charge in [-0.25, -0.2) is 10.3 Å². The Morgan fingerprint density at radius 3 is 2.26 bits per heavy atom. The number of nitrogens with one attached hydrogen (secondary N) is 2. The number of aromatic carboxylic acids is 1. The average Bonchev–Trinajstić information content (AvgIpc) is 2.55. The molecule has 23 heavy (non-hydrogen) atoms. The third kappa shape index (κ3) is 3.92. The lowest BCUT2D eigenvalue weighted by Gasteiger charge is -2.09. The Morgan fingerprint density at radius 1 is 0.957 bits per heavy atom. The zero-order chi connectivity index (χ0) is 16.8. The van der Waals surface area contributed by atoms with Crippen molar-refractivity contribution in [3.63, 3.8) is 0 Å². The third-order valence-corrected chi connectivity index (χ3v) is 2.99. The van der Waals surface area contributed by atoms with Crippen molar-refractivity contribution in [3.05, 3.63) is 65.2 Å². The third-order valence-electron chi connectivity index (χ3n) is 2.99. The van der Waals surface area contributed by atoms with Crippen molar-refractivity contribution in [1.82, 2.24) is 5.48 Å². The first-order valence-corrected chi connectivity index (χ1v) is 6.60. The molecule has 2 aromatic rings. The van der Waals surface area contributed by atoms with Crippen LogP contribution in [0.1, 0.15) is 31.1 Å². The summed E-state index contributed by atoms with van der Waals surface area (Å²) in [6, 6.07) is 12.0. The van der Waals surface area contributed by atoms with Gasteiger partial charge >= 0.3 is 5.97 Å². The van der Waals surface area contributed by atoms with E-state index in [1.165, 1.54) is 37.4 Å². The molecule has 0 aliphatic heterocycles. The molecule has 3 N–H and O–H groups in total. The number of carboxylic acids is 1. The van der Waals surface area contributed by atoms with Crippen molar-refractivity contribution in [2.24, 2.45) is 0 Å². The second kappa shape index (κ2) is 7.19. The predicted octanol–water partition coefficient (Wildman–Crippen LogP) is 1.93. The van der Waals surface area contributed by atoms with Gasteiger partial charge in [0.2, 0.25) is 0 Å². The second-order valence-electron chi connectivity index (χ2n) is 4.52. The molecule has 0 saturated carbocycles. The van der Waals surface area contributed by atoms with Crippen LogP contribution in [0.4, 0.5) is 5.69 Å². The zero-order valence-corrected chi connectivity index (χ0v) is 12.2. The molecule has 7 nitrogen and oxygen atoms in total. The highest BCUT2D eigenvalue weighted by Crippen LogP contribution is 2.16. The molecule has 2 aromatic carbocycles. The van der Waals surface area contributed by atoms with Crippen LogP contribution in [0.25, 0.3) is 0 Å². The summed E-state index contributed by atoms with van der Waals surface area (Å²) < 4.78 is 0. The predicted molar refractivity (Wildman–Crippen MR) is 82.3 cm³/mol. The van der Waals surface area contributed by atoms with Crippen LogP contribution < -0.4 is 10.8 Å². The molecule has 2 rings (SSSR count). The number of amides is 2. The van der Waals surface area contributed by atoms with E-state index >= 15 is 0 Å². The van der Waals surface area contributed by atoms with Crippen LogP contribution in [-0.2, 0) is 4.84 Å². The van der Waals surface area contributed by atoms with Crippen LogP contribution in [0, 0.1) is 0 Å². The van der Waals surface area contributed by atoms with Crippen molar-refractivity contribution in [2.75, 3.05) is 12.4 Å². The van der Waals surface area contributed by atoms with Crippen LogP contribution in [0.5, 0.6) is 0 Å². The van der Waals surface area contributed by atoms with Gasteiger partial charge in [0.1, 0.15) is 0 Å². The van der Waals surface area contributed by atoms with Gasteiger partial charge in [0.05, 0.1) is 18.4 Å². The minimum atomic E-state index is -1.14. The summed E-state index contributed by atoms with van der Waals surface area (Å²) in [6.45, 7) is 0. The Morgan fingerprint density at radius 2 is 1.61 bits per heavy atom. The molecular weight excluding hydrogens is 300 g/mol. The minimum Gasteiger partial charge on any atom is -0.478 e. The van der Waals surface area contributed by atoms with E-state index in [0.717, 1.165) is 0 Å². The van der Waals surface area contributed by atoms with Crippen molar-refractivity contribution < 1.29 is 24.3 Å². The number of carbonyl (C=O) groups excluding carboxylic acids is 2. The van der Waals surface area contributed by atoms with Crippen LogP contribution in [0.2, 0.25) is 0 Å². The van der Waals surface area contributed by atoms with E-state index < -0.39 is 17.8 Å². The molecule has 0 heterocycles. The van der Waals surface area contributed by atoms with Gasteiger partial charge in [0.15, 0.2) is 0 Å². The van der Waals surface area contributed by atoms with Crippen LogP contribution >= 0.6 is 0 Å². The van der Waals surface area contributed by atoms with Gasteiger partial charge in [0.25, 0.3) is 11.8 Å². The molecule has 0 bridgehead atoms. The molecule has 118 valence electrons. The van der Waals surface area contributed by atoms with Gasteiger partial charge in [-0.15, -0.1) is 0 Å². The van der Waals surface area contributed by atoms with Crippen molar-refractivity contribution in [1.29, 1.82) is 0 Å². The standard InChI is InChI=1S/C16H14N2O5/c1-23-18-15(20)11-6-4-5-10(9-11)14(19)17-13-8-3-2-7-12(13)16(21)22/h2-9H,1H3,(H,17,19)(H,18,20)(H,21,22). The fourth-order valence-electron chi connectivity index (χ4n) is 1.93. The summed E-state index contributed by atoms with van der Waals surface area (Å²) in [4.78, 5) is 39.6. The van der Waals surface area contributed by atoms with Crippen molar-refractivity contribution in [3.8, 4) is 0 Å². The molecule has 0 atom stereocenters. The number of para-hydroxylation sites is 1. The van der Waals surface area contributed by atoms with E-state index in [4.69, 9.17) is 5.11 Å². The Bertz CT molecular complexity index is 758. The normalized spacial score (nSPS) is 9.96. The van der Waals surface area contributed by atoms with Gasteiger partial charge < -0.3 is 10.4 Å². The van der Waals surface area contributed by atoms with Crippen molar-refractivity contribution in [2.45, 2.75) is 0 Å². The maximum absolute atomic E-state index is 12.3. The molecule has 0 aliphatic rings. The Kier molecular flexibility index (Phi) is 5.06. The summed E-state index contributed by atoms with van der Waals surface area (Å²) >= 11 is 0. The molecular formula is C16H14N2O5. The highest BCUT2D eigenvalue weighted by molar-refractivity contribution is 6.08. The second-order valence-corrected chi connectivity index (χ2v) is 4.52. The van der Waals surface area contributed by atoms with E-state index in [0.29, 0.717) is 0 Å². The van der Waals surface area contributed by atoms with Crippen molar-refractivity contribution >= 4 is 23.5 Å². The molecule has 0 aromatic heterocycles. The highest BCUT2D eigenvalue weighted by atomic mass is 16.6. The summed E-state index contributed by atoms with van der Waals surface area (Å²) in [5, 5.41) is 11.6. The zero-order valence-electron chi connectivity index (χ0n) is 12.2. The number of anilines is 1. The monoisotopic (exact) mass is 314 g/mol. The molecule has 0 fully saturated rings. The number of carbonyl (C=O) groups is 3. The quantitative estimate of drug-likeness (QED) is 0.731. The maximum Gasteiger partial charge on any atom is 0.337 e. The minimum absolute atomic E-state index is 0.0193. The van der Waals surface area contributed by atoms with Crippen LogP contribution in [-0.4, -0.2) is 30.0 Å². The number of hydrogen-bond donors (Lipinski definition) is 3. The number of hydrogen-bond acceptors (Lipinski definition) is 4.